The van der Waals surface area contributed by atoms with Gasteiger partial charge in [0.25, 0.3) is 0 Å². The number of nitrogen functional groups attached to an aromatic ring is 3. The number of benzene rings is 6. The largest absolute Gasteiger partial charge is 0.457 e. The van der Waals surface area contributed by atoms with Crippen molar-refractivity contribution in [3.05, 3.63) is 219 Å². The summed E-state index contributed by atoms with van der Waals surface area (Å²) >= 11 is 0. The summed E-state index contributed by atoms with van der Waals surface area (Å²) in [4.78, 5) is 50.2. The number of hydrogen-bond acceptors (Lipinski definition) is 20. The number of rotatable bonds is 21. The minimum absolute atomic E-state index is 0.0389. The van der Waals surface area contributed by atoms with Gasteiger partial charge in [-0.1, -0.05) is 73.3 Å². The van der Waals surface area contributed by atoms with Crippen molar-refractivity contribution in [2.45, 2.75) is 120 Å². The average molecular weight is 1460 g/mol. The van der Waals surface area contributed by atoms with Crippen LogP contribution in [0, 0.1) is 0 Å². The van der Waals surface area contributed by atoms with Gasteiger partial charge in [-0.3, -0.25) is 9.59 Å². The average Bonchev–Trinajstić information content (AvgIpc) is 1.63. The molecule has 0 bridgehead atoms. The van der Waals surface area contributed by atoms with E-state index in [0.29, 0.717) is 59.4 Å². The fraction of sp³-hybridized carbons (Fsp3) is 0.263. The van der Waals surface area contributed by atoms with E-state index in [-0.39, 0.29) is 48.1 Å². The Kier molecular flexibility index (Phi) is 23.3. The second-order valence-corrected chi connectivity index (χ2v) is 28.0. The van der Waals surface area contributed by atoms with Crippen LogP contribution in [-0.2, 0) is 24.3 Å². The van der Waals surface area contributed by atoms with E-state index >= 15 is 0 Å². The van der Waals surface area contributed by atoms with E-state index in [2.05, 4.69) is 51.8 Å². The van der Waals surface area contributed by atoms with Crippen LogP contribution in [0.4, 0.5) is 17.5 Å². The maximum Gasteiger partial charge on any atom is 0.243 e. The summed E-state index contributed by atoms with van der Waals surface area (Å²) in [6.07, 6.45) is 20.9. The quantitative estimate of drug-likeness (QED) is 0.0364. The monoisotopic (exact) mass is 1460 g/mol. The number of amides is 2. The number of allylic oxidation sites excluding steroid dienone is 1. The number of hydrogen-bond donors (Lipinski definition) is 6. The Morgan fingerprint density at radius 2 is 0.757 bits per heavy atom. The van der Waals surface area contributed by atoms with Gasteiger partial charge >= 0.3 is 0 Å². The Balaban J connectivity index is 0.000000142. The normalized spacial score (nSPS) is 18.1. The van der Waals surface area contributed by atoms with Crippen molar-refractivity contribution in [3.8, 4) is 68.3 Å². The summed E-state index contributed by atoms with van der Waals surface area (Å²) in [5.41, 5.74) is 25.9. The second kappa shape index (κ2) is 34.1. The van der Waals surface area contributed by atoms with Crippen LogP contribution in [-0.4, -0.2) is 111 Å². The molecule has 2 amide bonds. The third kappa shape index (κ3) is 18.0. The molecule has 26 nitrogen and oxygen atoms in total. The van der Waals surface area contributed by atoms with Gasteiger partial charge in [0.15, 0.2) is 16.9 Å². The Bertz CT molecular complexity index is 5190. The number of para-hydroxylation sites is 3. The summed E-state index contributed by atoms with van der Waals surface area (Å²) in [6.45, 7) is 5.62. The molecule has 27 heteroatoms. The van der Waals surface area contributed by atoms with Crippen molar-refractivity contribution in [1.29, 1.82) is 0 Å². The lowest BCUT2D eigenvalue weighted by Crippen LogP contribution is -2.37. The first-order valence-corrected chi connectivity index (χ1v) is 37.2. The van der Waals surface area contributed by atoms with Gasteiger partial charge in [-0.05, 0) is 199 Å². The molecule has 0 saturated heterocycles. The maximum absolute atomic E-state index is 12.1. The van der Waals surface area contributed by atoms with Crippen molar-refractivity contribution in [3.63, 3.8) is 0 Å². The molecular weight excluding hydrogens is 1370 g/mol. The number of carbonyl (C=O) groups is 2. The zero-order valence-electron chi connectivity index (χ0n) is 59.3. The number of nitrogens with zero attached hydrogens (tertiary/aromatic N) is 12. The summed E-state index contributed by atoms with van der Waals surface area (Å²) in [5.74, 6) is 5.57. The Morgan fingerprint density at radius 3 is 1.07 bits per heavy atom. The van der Waals surface area contributed by atoms with E-state index in [4.69, 9.17) is 51.4 Å². The predicted molar refractivity (Wildman–Crippen MR) is 413 cm³/mol. The number of anilines is 3. The van der Waals surface area contributed by atoms with Crippen LogP contribution in [0.2, 0.25) is 0 Å². The standard InChI is InChI=1S/C28H30N6O3.C27H28N6O2.C25H26N6O3S/c1-36-17-5-8-24(35)32-20-11-13-21(14-12-20)34-28-25(27(29)30-18-31-28)26(33-34)19-9-15-23(16-10-19)37-22-6-3-2-4-7-22;1-2-6-23(34)31-19-11-13-20(14-12-19)33-27-24(26(28)29-17-30-27)25(32-33)18-9-15-22(16-10-18)35-21-7-4-3-5-8-21;1-2-35(32,33)30-18-10-12-19(13-11-18)31-25-22(24(26)27-16-28-25)23(29-31)17-8-14-21(15-9-17)34-20-6-4-3-5-7-20/h2-10,15-16,18,20-21H,11-14,17H2,1H3,(H,32,35)(H2,29,30,31);2-10,15-17,19-20H,11-14H2,1H3,(H,31,34)(H2,28,29,30);2-9,14-16,18-19,30H,1,10-13H2,(H2,26,27,28)/b8-5+;6-2+;. The molecule has 3 saturated carbocycles. The van der Waals surface area contributed by atoms with E-state index in [1.54, 1.807) is 25.3 Å². The zero-order valence-corrected chi connectivity index (χ0v) is 60.2. The molecule has 3 fully saturated rings. The minimum atomic E-state index is -3.45. The smallest absolute Gasteiger partial charge is 0.243 e. The predicted octanol–water partition coefficient (Wildman–Crippen LogP) is 14.1. The molecule has 3 aliphatic carbocycles. The molecule has 548 valence electrons. The number of ether oxygens (including phenoxy) is 4. The Hall–Kier alpha value is -12.2. The second-order valence-electron chi connectivity index (χ2n) is 26.3. The molecule has 9 N–H and O–H groups in total. The molecule has 6 heterocycles. The van der Waals surface area contributed by atoms with Gasteiger partial charge in [0, 0.05) is 53.4 Å². The van der Waals surface area contributed by atoms with Crippen molar-refractivity contribution in [1.82, 2.24) is 74.6 Å². The summed E-state index contributed by atoms with van der Waals surface area (Å²) in [6, 6.07) is 52.8. The number of nitrogens with one attached hydrogen (secondary N) is 3. The fourth-order valence-electron chi connectivity index (χ4n) is 13.8. The van der Waals surface area contributed by atoms with E-state index < -0.39 is 10.0 Å². The van der Waals surface area contributed by atoms with Gasteiger partial charge in [-0.2, -0.15) is 15.3 Å². The molecule has 12 aromatic rings. The third-order valence-corrected chi connectivity index (χ3v) is 20.2. The molecule has 107 heavy (non-hydrogen) atoms. The first-order valence-electron chi connectivity index (χ1n) is 35.7. The Morgan fingerprint density at radius 1 is 0.449 bits per heavy atom. The molecule has 6 aromatic carbocycles. The van der Waals surface area contributed by atoms with Crippen molar-refractivity contribution in [2.24, 2.45) is 0 Å². The molecule has 0 spiro atoms. The van der Waals surface area contributed by atoms with Crippen molar-refractivity contribution in [2.75, 3.05) is 30.9 Å². The van der Waals surface area contributed by atoms with E-state index in [0.717, 1.165) is 149 Å². The van der Waals surface area contributed by atoms with Gasteiger partial charge in [0.1, 0.15) is 88.0 Å². The number of carbonyl (C=O) groups excluding carboxylic acids is 2. The topological polar surface area (TPSA) is 350 Å². The van der Waals surface area contributed by atoms with Crippen molar-refractivity contribution < 1.29 is 37.0 Å². The van der Waals surface area contributed by atoms with Gasteiger partial charge in [-0.15, -0.1) is 0 Å². The zero-order chi connectivity index (χ0) is 74.2. The number of nitrogens with two attached hydrogens (primary N) is 3. The first kappa shape index (κ1) is 73.1. The highest BCUT2D eigenvalue weighted by molar-refractivity contribution is 7.92. The van der Waals surface area contributed by atoms with Gasteiger partial charge in [0.05, 0.1) is 40.9 Å². The van der Waals surface area contributed by atoms with Gasteiger partial charge < -0.3 is 46.8 Å². The van der Waals surface area contributed by atoms with E-state index in [1.165, 1.54) is 25.1 Å². The van der Waals surface area contributed by atoms with Crippen LogP contribution >= 0.6 is 0 Å². The molecule has 3 aliphatic rings. The van der Waals surface area contributed by atoms with Crippen LogP contribution in [0.1, 0.15) is 102 Å². The van der Waals surface area contributed by atoms with Crippen LogP contribution < -0.4 is 46.8 Å². The highest BCUT2D eigenvalue weighted by atomic mass is 32.2. The molecule has 0 radical (unpaired) electrons. The molecule has 15 rings (SSSR count). The molecule has 0 aliphatic heterocycles. The number of fused-ring (bicyclic) bond motifs is 3. The van der Waals surface area contributed by atoms with E-state index in [1.807, 2.05) is 185 Å². The fourth-order valence-corrected chi connectivity index (χ4v) is 14.6. The lowest BCUT2D eigenvalue weighted by molar-refractivity contribution is -0.118. The highest BCUT2D eigenvalue weighted by Gasteiger charge is 2.32. The number of sulfonamides is 1. The van der Waals surface area contributed by atoms with Crippen LogP contribution in [0.25, 0.3) is 66.9 Å². The first-order chi connectivity index (χ1) is 52.2. The SMILES string of the molecule is C/C=C/C(=O)NC1CCC(n2nc(-c3ccc(Oc4ccccc4)cc3)c3c(N)ncnc32)CC1.C=CS(=O)(=O)NC1CCC(n2nc(-c3ccc(Oc4ccccc4)cc3)c3c(N)ncnc32)CC1.COC/C=C/C(=O)NC1CCC(n2nc(-c3ccc(Oc4ccccc4)cc3)c3c(N)ncnc32)CC1. The summed E-state index contributed by atoms with van der Waals surface area (Å²) in [7, 11) is -1.85. The minimum Gasteiger partial charge on any atom is -0.457 e. The van der Waals surface area contributed by atoms with Crippen LogP contribution in [0.3, 0.4) is 0 Å². The number of aromatic nitrogens is 12. The Labute approximate surface area is 619 Å². The third-order valence-electron chi connectivity index (χ3n) is 19.1. The maximum atomic E-state index is 12.1. The van der Waals surface area contributed by atoms with Gasteiger partial charge in [0.2, 0.25) is 21.8 Å². The molecular formula is C80H84N18O8S. The molecule has 0 unspecified atom stereocenters. The molecule has 6 aromatic heterocycles. The van der Waals surface area contributed by atoms with Crippen LogP contribution in [0.5, 0.6) is 34.5 Å². The summed E-state index contributed by atoms with van der Waals surface area (Å²) < 4.78 is 54.9. The van der Waals surface area contributed by atoms with Crippen LogP contribution in [0.15, 0.2) is 219 Å². The number of methoxy groups -OCH3 is 1. The van der Waals surface area contributed by atoms with E-state index in [9.17, 15) is 18.0 Å². The van der Waals surface area contributed by atoms with Crippen molar-refractivity contribution >= 4 is 72.4 Å². The lowest BCUT2D eigenvalue weighted by atomic mass is 9.91. The molecule has 0 atom stereocenters. The van der Waals surface area contributed by atoms with Gasteiger partial charge in [-0.25, -0.2) is 57.1 Å². The summed E-state index contributed by atoms with van der Waals surface area (Å²) in [5, 5.41) is 24.2. The lowest BCUT2D eigenvalue weighted by Gasteiger charge is -2.29. The highest BCUT2D eigenvalue weighted by Crippen LogP contribution is 2.41.